The Morgan fingerprint density at radius 1 is 1.12 bits per heavy atom. The average molecular weight is 473 g/mol. The topological polar surface area (TPSA) is 73.8 Å². The van der Waals surface area contributed by atoms with E-state index in [0.29, 0.717) is 49.8 Å². The Kier molecular flexibility index (Phi) is 7.16. The highest BCUT2D eigenvalue weighted by molar-refractivity contribution is 7.89. The Balaban J connectivity index is 1.42. The van der Waals surface area contributed by atoms with E-state index in [1.54, 1.807) is 22.5 Å². The molecule has 0 saturated carbocycles. The highest BCUT2D eigenvalue weighted by Crippen LogP contribution is 2.29. The SMILES string of the molecule is CC(C)Cc1ccc(S(=O)(=O)N2CCC3(CC2)NCCN=C3NCc2cccc(F)c2)cc1. The van der Waals surface area contributed by atoms with Gasteiger partial charge in [0, 0.05) is 26.2 Å². The molecule has 0 atom stereocenters. The van der Waals surface area contributed by atoms with Gasteiger partial charge in [0.25, 0.3) is 0 Å². The predicted molar refractivity (Wildman–Crippen MR) is 129 cm³/mol. The lowest BCUT2D eigenvalue weighted by Crippen LogP contribution is -2.64. The van der Waals surface area contributed by atoms with E-state index in [0.717, 1.165) is 29.9 Å². The number of hydrogen-bond donors (Lipinski definition) is 2. The number of benzene rings is 2. The quantitative estimate of drug-likeness (QED) is 0.676. The molecular formula is C25H33FN4O2S. The molecule has 2 aromatic rings. The minimum Gasteiger partial charge on any atom is -0.368 e. The molecule has 2 aliphatic rings. The zero-order valence-corrected chi connectivity index (χ0v) is 20.2. The molecule has 8 heteroatoms. The van der Waals surface area contributed by atoms with Gasteiger partial charge in [-0.3, -0.25) is 4.99 Å². The summed E-state index contributed by atoms with van der Waals surface area (Å²) in [6.07, 6.45) is 2.20. The van der Waals surface area contributed by atoms with Crippen LogP contribution in [-0.4, -0.2) is 50.3 Å². The summed E-state index contributed by atoms with van der Waals surface area (Å²) < 4.78 is 41.6. The number of halogens is 1. The largest absolute Gasteiger partial charge is 0.368 e. The molecule has 2 aliphatic heterocycles. The first-order valence-corrected chi connectivity index (χ1v) is 13.1. The molecule has 33 heavy (non-hydrogen) atoms. The molecule has 2 N–H and O–H groups in total. The number of piperidine rings is 1. The van der Waals surface area contributed by atoms with E-state index in [-0.39, 0.29) is 11.4 Å². The molecule has 4 rings (SSSR count). The van der Waals surface area contributed by atoms with Crippen LogP contribution in [0, 0.1) is 11.7 Å². The number of amidine groups is 1. The van der Waals surface area contributed by atoms with E-state index in [1.807, 2.05) is 18.2 Å². The summed E-state index contributed by atoms with van der Waals surface area (Å²) >= 11 is 0. The molecule has 6 nitrogen and oxygen atoms in total. The molecule has 178 valence electrons. The number of sulfonamides is 1. The predicted octanol–water partition coefficient (Wildman–Crippen LogP) is 3.34. The van der Waals surface area contributed by atoms with Crippen molar-refractivity contribution in [1.82, 2.24) is 14.9 Å². The Hall–Kier alpha value is -2.29. The fourth-order valence-corrected chi connectivity index (χ4v) is 6.14. The molecule has 0 amide bonds. The third kappa shape index (κ3) is 5.45. The number of rotatable bonds is 6. The van der Waals surface area contributed by atoms with Gasteiger partial charge in [0.05, 0.1) is 17.0 Å². The van der Waals surface area contributed by atoms with Gasteiger partial charge in [-0.05, 0) is 60.6 Å². The Bertz CT molecular complexity index is 1090. The van der Waals surface area contributed by atoms with E-state index in [2.05, 4.69) is 24.5 Å². The van der Waals surface area contributed by atoms with E-state index in [9.17, 15) is 12.8 Å². The van der Waals surface area contributed by atoms with Gasteiger partial charge in [-0.25, -0.2) is 12.8 Å². The Morgan fingerprint density at radius 3 is 2.52 bits per heavy atom. The summed E-state index contributed by atoms with van der Waals surface area (Å²) in [5.74, 6) is 1.11. The van der Waals surface area contributed by atoms with Gasteiger partial charge in [0.1, 0.15) is 11.7 Å². The zero-order chi connectivity index (χ0) is 23.5. The van der Waals surface area contributed by atoms with Gasteiger partial charge in [-0.15, -0.1) is 0 Å². The van der Waals surface area contributed by atoms with Crippen LogP contribution in [0.2, 0.25) is 0 Å². The fraction of sp³-hybridized carbons (Fsp3) is 0.480. The van der Waals surface area contributed by atoms with Gasteiger partial charge >= 0.3 is 0 Å². The summed E-state index contributed by atoms with van der Waals surface area (Å²) in [6, 6.07) is 13.8. The summed E-state index contributed by atoms with van der Waals surface area (Å²) in [6.45, 7) is 7.04. The second-order valence-corrected chi connectivity index (χ2v) is 11.3. The summed E-state index contributed by atoms with van der Waals surface area (Å²) in [7, 11) is -3.54. The molecular weight excluding hydrogens is 439 g/mol. The maximum atomic E-state index is 13.5. The molecule has 0 aromatic heterocycles. The van der Waals surface area contributed by atoms with Crippen LogP contribution in [0.3, 0.4) is 0 Å². The van der Waals surface area contributed by atoms with Crippen LogP contribution in [0.4, 0.5) is 4.39 Å². The van der Waals surface area contributed by atoms with E-state index in [4.69, 9.17) is 4.99 Å². The van der Waals surface area contributed by atoms with Gasteiger partial charge in [0.2, 0.25) is 10.0 Å². The van der Waals surface area contributed by atoms with Crippen molar-refractivity contribution in [1.29, 1.82) is 0 Å². The standard InChI is InChI=1S/C25H33FN4O2S/c1-19(2)16-20-6-8-23(9-7-20)33(31,32)30-14-10-25(11-15-30)24(27-12-13-29-25)28-18-21-4-3-5-22(26)17-21/h3-9,17,19,29H,10-16,18H2,1-2H3,(H,27,28). The minimum absolute atomic E-state index is 0.261. The van der Waals surface area contributed by atoms with E-state index >= 15 is 0 Å². The Morgan fingerprint density at radius 2 is 1.85 bits per heavy atom. The average Bonchev–Trinajstić information content (AvgIpc) is 2.79. The van der Waals surface area contributed by atoms with Crippen molar-refractivity contribution in [3.8, 4) is 0 Å². The first-order valence-electron chi connectivity index (χ1n) is 11.7. The third-order valence-corrected chi connectivity index (χ3v) is 8.34. The first kappa shape index (κ1) is 23.9. The van der Waals surface area contributed by atoms with Crippen LogP contribution in [0.5, 0.6) is 0 Å². The maximum absolute atomic E-state index is 13.5. The van der Waals surface area contributed by atoms with Crippen molar-refractivity contribution >= 4 is 15.9 Å². The number of hydrogen-bond acceptors (Lipinski definition) is 5. The third-order valence-electron chi connectivity index (χ3n) is 6.43. The lowest BCUT2D eigenvalue weighted by molar-refractivity contribution is 0.241. The second-order valence-electron chi connectivity index (χ2n) is 9.37. The van der Waals surface area contributed by atoms with Crippen molar-refractivity contribution < 1.29 is 12.8 Å². The van der Waals surface area contributed by atoms with Crippen molar-refractivity contribution in [3.63, 3.8) is 0 Å². The summed E-state index contributed by atoms with van der Waals surface area (Å²) in [5.41, 5.74) is 1.62. The molecule has 0 unspecified atom stereocenters. The summed E-state index contributed by atoms with van der Waals surface area (Å²) in [5, 5.41) is 6.97. The molecule has 2 aromatic carbocycles. The lowest BCUT2D eigenvalue weighted by Gasteiger charge is -2.44. The van der Waals surface area contributed by atoms with Crippen LogP contribution in [0.25, 0.3) is 0 Å². The Labute approximate surface area is 196 Å². The molecule has 1 fully saturated rings. The van der Waals surface area contributed by atoms with Crippen LogP contribution in [0.1, 0.15) is 37.8 Å². The summed E-state index contributed by atoms with van der Waals surface area (Å²) in [4.78, 5) is 5.05. The minimum atomic E-state index is -3.54. The molecule has 1 saturated heterocycles. The molecule has 0 radical (unpaired) electrons. The van der Waals surface area contributed by atoms with Crippen LogP contribution in [-0.2, 0) is 23.0 Å². The normalized spacial score (nSPS) is 19.0. The smallest absolute Gasteiger partial charge is 0.243 e. The lowest BCUT2D eigenvalue weighted by atomic mass is 9.85. The van der Waals surface area contributed by atoms with Gasteiger partial charge in [-0.2, -0.15) is 4.31 Å². The molecule has 2 heterocycles. The highest BCUT2D eigenvalue weighted by Gasteiger charge is 2.43. The van der Waals surface area contributed by atoms with Gasteiger partial charge in [-0.1, -0.05) is 38.1 Å². The first-order chi connectivity index (χ1) is 15.8. The van der Waals surface area contributed by atoms with Crippen LogP contribution >= 0.6 is 0 Å². The monoisotopic (exact) mass is 472 g/mol. The van der Waals surface area contributed by atoms with Crippen molar-refractivity contribution in [2.75, 3.05) is 26.2 Å². The van der Waals surface area contributed by atoms with Crippen molar-refractivity contribution in [2.24, 2.45) is 10.9 Å². The maximum Gasteiger partial charge on any atom is 0.243 e. The van der Waals surface area contributed by atoms with Crippen LogP contribution in [0.15, 0.2) is 58.4 Å². The number of nitrogens with zero attached hydrogens (tertiary/aromatic N) is 2. The van der Waals surface area contributed by atoms with Gasteiger partial charge < -0.3 is 10.6 Å². The molecule has 0 bridgehead atoms. The molecule has 0 aliphatic carbocycles. The molecule has 1 spiro atoms. The van der Waals surface area contributed by atoms with Gasteiger partial charge in [0.15, 0.2) is 0 Å². The highest BCUT2D eigenvalue weighted by atomic mass is 32.2. The zero-order valence-electron chi connectivity index (χ0n) is 19.4. The van der Waals surface area contributed by atoms with E-state index < -0.39 is 10.0 Å². The number of aliphatic imine (C=N–C) groups is 1. The number of nitrogens with one attached hydrogen (secondary N) is 2. The fourth-order valence-electron chi connectivity index (χ4n) is 4.70. The second kappa shape index (κ2) is 9.91. The van der Waals surface area contributed by atoms with Crippen molar-refractivity contribution in [3.05, 3.63) is 65.5 Å². The van der Waals surface area contributed by atoms with Crippen molar-refractivity contribution in [2.45, 2.75) is 50.1 Å². The van der Waals surface area contributed by atoms with Crippen LogP contribution < -0.4 is 10.6 Å². The van der Waals surface area contributed by atoms with E-state index in [1.165, 1.54) is 12.1 Å².